The number of aliphatic hydroxyl groups is 1. The van der Waals surface area contributed by atoms with Gasteiger partial charge in [0.05, 0.1) is 26.4 Å². The van der Waals surface area contributed by atoms with Gasteiger partial charge in [-0.25, -0.2) is 9.13 Å². The Labute approximate surface area is 562 Å². The molecular weight excluding hydrogens is 1210 g/mol. The highest BCUT2D eigenvalue weighted by atomic mass is 31.2. The van der Waals surface area contributed by atoms with E-state index in [4.69, 9.17) is 37.0 Å². The molecule has 0 aromatic heterocycles. The van der Waals surface area contributed by atoms with Crippen molar-refractivity contribution in [3.8, 4) is 0 Å². The lowest BCUT2D eigenvalue weighted by Gasteiger charge is -2.21. The van der Waals surface area contributed by atoms with Crippen LogP contribution in [0.25, 0.3) is 0 Å². The normalized spacial score (nSPS) is 14.5. The van der Waals surface area contributed by atoms with Crippen LogP contribution in [0.15, 0.2) is 0 Å². The Morgan fingerprint density at radius 1 is 0.304 bits per heavy atom. The molecule has 0 saturated heterocycles. The lowest BCUT2D eigenvalue weighted by atomic mass is 9.99. The summed E-state index contributed by atoms with van der Waals surface area (Å²) in [6, 6.07) is 0. The van der Waals surface area contributed by atoms with Gasteiger partial charge >= 0.3 is 39.5 Å². The van der Waals surface area contributed by atoms with Gasteiger partial charge in [0, 0.05) is 25.7 Å². The molecule has 0 fully saturated rings. The second-order valence-corrected chi connectivity index (χ2v) is 30.9. The van der Waals surface area contributed by atoms with Crippen LogP contribution in [-0.4, -0.2) is 96.7 Å². The summed E-state index contributed by atoms with van der Waals surface area (Å²) >= 11 is 0. The number of carbonyl (C=O) groups is 4. The van der Waals surface area contributed by atoms with Crippen molar-refractivity contribution >= 4 is 39.5 Å². The van der Waals surface area contributed by atoms with Crippen LogP contribution in [0.4, 0.5) is 0 Å². The minimum atomic E-state index is -4.95. The Morgan fingerprint density at radius 3 is 0.772 bits per heavy atom. The van der Waals surface area contributed by atoms with Gasteiger partial charge in [-0.1, -0.05) is 312 Å². The molecule has 6 atom stereocenters. The fraction of sp³-hybridized carbons (Fsp3) is 0.945. The molecule has 0 bridgehead atoms. The van der Waals surface area contributed by atoms with Crippen LogP contribution in [-0.2, 0) is 65.4 Å². The Bertz CT molecular complexity index is 1820. The second kappa shape index (κ2) is 62.6. The molecule has 3 N–H and O–H groups in total. The molecule has 3 unspecified atom stereocenters. The third kappa shape index (κ3) is 65.4. The topological polar surface area (TPSA) is 237 Å². The number of hydrogen-bond acceptors (Lipinski definition) is 15. The maximum atomic E-state index is 13.0. The number of ether oxygens (including phenoxy) is 4. The number of aliphatic hydroxyl groups excluding tert-OH is 1. The third-order valence-electron chi connectivity index (χ3n) is 17.2. The zero-order valence-electron chi connectivity index (χ0n) is 60.2. The van der Waals surface area contributed by atoms with E-state index in [-0.39, 0.29) is 25.7 Å². The van der Waals surface area contributed by atoms with E-state index >= 15 is 0 Å². The van der Waals surface area contributed by atoms with Crippen molar-refractivity contribution in [3.05, 3.63) is 0 Å². The standard InChI is InChI=1S/C73H142O17P2/c1-9-66(8)52-44-36-26-22-18-16-14-12-10-11-13-15-17-19-23-27-37-45-53-70(75)83-59-68(89-72(77)55-47-39-28-24-20-21-25-33-41-49-63(2)3)61-87-91(79,80)85-57-67(74)58-86-92(81,82)88-62-69(90-73(78)56-48-40-32-30-35-43-51-65(6)7)60-84-71(76)54-46-38-31-29-34-42-50-64(4)5/h63-69,74H,9-62H2,1-8H3,(H,79,80)(H,81,82)/t66?,67-,68-,69-/m1/s1. The molecule has 0 radical (unpaired) electrons. The smallest absolute Gasteiger partial charge is 0.462 e. The van der Waals surface area contributed by atoms with Gasteiger partial charge in [0.15, 0.2) is 12.2 Å². The molecular formula is C73H142O17P2. The lowest BCUT2D eigenvalue weighted by Crippen LogP contribution is -2.30. The predicted molar refractivity (Wildman–Crippen MR) is 372 cm³/mol. The SMILES string of the molecule is CCC(C)CCCCCCCCCCCCCCCCCCCCC(=O)OC[C@H](COP(=O)(O)OC[C@@H](O)COP(=O)(O)OC[C@@H](COC(=O)CCCCCCCCC(C)C)OC(=O)CCCCCCCCC(C)C)OC(=O)CCCCCCCCCCCC(C)C. The number of phosphoric ester groups is 2. The van der Waals surface area contributed by atoms with Crippen molar-refractivity contribution in [2.45, 2.75) is 382 Å². The highest BCUT2D eigenvalue weighted by Gasteiger charge is 2.30. The Morgan fingerprint density at radius 2 is 0.522 bits per heavy atom. The van der Waals surface area contributed by atoms with E-state index in [1.807, 2.05) is 0 Å². The van der Waals surface area contributed by atoms with Crippen LogP contribution < -0.4 is 0 Å². The van der Waals surface area contributed by atoms with Crippen molar-refractivity contribution in [2.75, 3.05) is 39.6 Å². The van der Waals surface area contributed by atoms with Crippen molar-refractivity contribution in [1.82, 2.24) is 0 Å². The van der Waals surface area contributed by atoms with Crippen LogP contribution >= 0.6 is 15.6 Å². The molecule has 546 valence electrons. The van der Waals surface area contributed by atoms with Crippen molar-refractivity contribution in [2.24, 2.45) is 23.7 Å². The number of carbonyl (C=O) groups excluding carboxylic acids is 4. The average Bonchev–Trinajstić information content (AvgIpc) is 2.45. The fourth-order valence-corrected chi connectivity index (χ4v) is 12.6. The summed E-state index contributed by atoms with van der Waals surface area (Å²) in [4.78, 5) is 72.5. The minimum Gasteiger partial charge on any atom is -0.462 e. The van der Waals surface area contributed by atoms with E-state index in [0.29, 0.717) is 37.5 Å². The second-order valence-electron chi connectivity index (χ2n) is 28.0. The van der Waals surface area contributed by atoms with Crippen LogP contribution in [0.5, 0.6) is 0 Å². The number of rotatable bonds is 70. The molecule has 92 heavy (non-hydrogen) atoms. The zero-order valence-corrected chi connectivity index (χ0v) is 62.0. The molecule has 0 heterocycles. The average molecular weight is 1350 g/mol. The molecule has 0 aromatic rings. The van der Waals surface area contributed by atoms with Gasteiger partial charge in [-0.05, 0) is 49.4 Å². The first kappa shape index (κ1) is 90.1. The quantitative estimate of drug-likeness (QED) is 0.0222. The van der Waals surface area contributed by atoms with E-state index in [1.165, 1.54) is 161 Å². The summed E-state index contributed by atoms with van der Waals surface area (Å²) in [5, 5.41) is 10.6. The van der Waals surface area contributed by atoms with E-state index < -0.39 is 97.5 Å². The first-order valence-electron chi connectivity index (χ1n) is 37.7. The number of unbranched alkanes of at least 4 members (excludes halogenated alkanes) is 35. The lowest BCUT2D eigenvalue weighted by molar-refractivity contribution is -0.161. The molecule has 0 rings (SSSR count). The third-order valence-corrected chi connectivity index (χ3v) is 19.1. The van der Waals surface area contributed by atoms with E-state index in [1.54, 1.807) is 0 Å². The molecule has 0 aliphatic carbocycles. The van der Waals surface area contributed by atoms with Crippen LogP contribution in [0.2, 0.25) is 0 Å². The maximum absolute atomic E-state index is 13.0. The molecule has 0 aliphatic heterocycles. The molecule has 0 saturated carbocycles. The summed E-state index contributed by atoms with van der Waals surface area (Å²) in [6.07, 6.45) is 46.4. The zero-order chi connectivity index (χ0) is 68.2. The molecule has 19 heteroatoms. The summed E-state index contributed by atoms with van der Waals surface area (Å²) in [5.74, 6) is 0.825. The first-order valence-corrected chi connectivity index (χ1v) is 40.7. The molecule has 0 spiro atoms. The predicted octanol–water partition coefficient (Wildman–Crippen LogP) is 20.9. The van der Waals surface area contributed by atoms with Gasteiger partial charge in [0.1, 0.15) is 19.3 Å². The molecule has 0 aromatic carbocycles. The van der Waals surface area contributed by atoms with Crippen LogP contribution in [0.1, 0.15) is 364 Å². The van der Waals surface area contributed by atoms with Crippen molar-refractivity contribution in [3.63, 3.8) is 0 Å². The van der Waals surface area contributed by atoms with Crippen molar-refractivity contribution < 1.29 is 80.2 Å². The van der Waals surface area contributed by atoms with Gasteiger partial charge in [-0.2, -0.15) is 0 Å². The van der Waals surface area contributed by atoms with Gasteiger partial charge in [0.25, 0.3) is 0 Å². The van der Waals surface area contributed by atoms with E-state index in [0.717, 1.165) is 108 Å². The number of phosphoric acid groups is 2. The summed E-state index contributed by atoms with van der Waals surface area (Å²) < 4.78 is 68.2. The Balaban J connectivity index is 5.12. The highest BCUT2D eigenvalue weighted by molar-refractivity contribution is 7.47. The molecule has 0 amide bonds. The summed E-state index contributed by atoms with van der Waals surface area (Å²) in [6.45, 7) is 14.0. The minimum absolute atomic E-state index is 0.101. The Hall–Kier alpha value is -1.94. The summed E-state index contributed by atoms with van der Waals surface area (Å²) in [7, 11) is -9.90. The molecule has 17 nitrogen and oxygen atoms in total. The maximum Gasteiger partial charge on any atom is 0.472 e. The fourth-order valence-electron chi connectivity index (χ4n) is 11.0. The van der Waals surface area contributed by atoms with Gasteiger partial charge < -0.3 is 33.8 Å². The Kier molecular flexibility index (Phi) is 61.3. The summed E-state index contributed by atoms with van der Waals surface area (Å²) in [5.41, 5.74) is 0. The van der Waals surface area contributed by atoms with Crippen LogP contribution in [0, 0.1) is 23.7 Å². The van der Waals surface area contributed by atoms with Gasteiger partial charge in [0.2, 0.25) is 0 Å². The highest BCUT2D eigenvalue weighted by Crippen LogP contribution is 2.45. The number of esters is 4. The van der Waals surface area contributed by atoms with Gasteiger partial charge in [-0.15, -0.1) is 0 Å². The van der Waals surface area contributed by atoms with E-state index in [2.05, 4.69) is 55.4 Å². The van der Waals surface area contributed by atoms with Gasteiger partial charge in [-0.3, -0.25) is 37.3 Å². The van der Waals surface area contributed by atoms with Crippen molar-refractivity contribution in [1.29, 1.82) is 0 Å². The first-order chi connectivity index (χ1) is 44.1. The molecule has 0 aliphatic rings. The van der Waals surface area contributed by atoms with E-state index in [9.17, 15) is 43.2 Å². The number of hydrogen-bond donors (Lipinski definition) is 3. The largest absolute Gasteiger partial charge is 0.472 e. The monoisotopic (exact) mass is 1350 g/mol. The van der Waals surface area contributed by atoms with Crippen LogP contribution in [0.3, 0.4) is 0 Å².